The monoisotopic (exact) mass is 437 g/mol. The Morgan fingerprint density at radius 2 is 1.78 bits per heavy atom. The molecule has 1 aliphatic rings. The summed E-state index contributed by atoms with van der Waals surface area (Å²) >= 11 is 19.3. The zero-order chi connectivity index (χ0) is 19.6. The molecule has 136 valence electrons. The number of amides is 2. The number of para-hydroxylation sites is 1. The number of rotatable bonds is 4. The number of hydrogen-bond acceptors (Lipinski definition) is 4. The van der Waals surface area contributed by atoms with E-state index >= 15 is 0 Å². The molecule has 0 aromatic heterocycles. The first kappa shape index (κ1) is 19.7. The maximum absolute atomic E-state index is 12.7. The first-order valence-electron chi connectivity index (χ1n) is 7.50. The fourth-order valence-electron chi connectivity index (χ4n) is 2.37. The van der Waals surface area contributed by atoms with Crippen LogP contribution < -0.4 is 9.64 Å². The van der Waals surface area contributed by atoms with Crippen LogP contribution >= 0.6 is 46.6 Å². The van der Waals surface area contributed by atoms with E-state index in [9.17, 15) is 9.59 Å². The number of carbonyl (C=O) groups is 2. The van der Waals surface area contributed by atoms with E-state index in [-0.39, 0.29) is 27.3 Å². The van der Waals surface area contributed by atoms with E-state index in [1.54, 1.807) is 36.4 Å². The van der Waals surface area contributed by atoms with Crippen LogP contribution in [-0.4, -0.2) is 17.8 Å². The predicted molar refractivity (Wildman–Crippen MR) is 111 cm³/mol. The highest BCUT2D eigenvalue weighted by atomic mass is 35.5. The molecule has 0 N–H and O–H groups in total. The summed E-state index contributed by atoms with van der Waals surface area (Å²) in [5.41, 5.74) is 0.877. The van der Waals surface area contributed by atoms with Crippen molar-refractivity contribution >= 4 is 69.5 Å². The number of imide groups is 1. The number of halogens is 3. The lowest BCUT2D eigenvalue weighted by Gasteiger charge is -2.13. The van der Waals surface area contributed by atoms with Gasteiger partial charge >= 0.3 is 0 Å². The second-order valence-electron chi connectivity index (χ2n) is 5.28. The van der Waals surface area contributed by atoms with Gasteiger partial charge < -0.3 is 4.74 Å². The minimum absolute atomic E-state index is 0.0233. The normalized spacial score (nSPS) is 15.3. The lowest BCUT2D eigenvalue weighted by molar-refractivity contribution is -0.113. The number of anilines is 1. The SMILES string of the molecule is C#CCOc1c(Cl)cc(/C=C2\SC(=O)N(c3ccccc3Cl)C2=O)cc1Cl. The smallest absolute Gasteiger partial charge is 0.298 e. The number of thioether (sulfide) groups is 1. The lowest BCUT2D eigenvalue weighted by Crippen LogP contribution is -2.27. The van der Waals surface area contributed by atoms with E-state index < -0.39 is 11.1 Å². The maximum atomic E-state index is 12.7. The molecule has 4 nitrogen and oxygen atoms in total. The molecule has 8 heteroatoms. The van der Waals surface area contributed by atoms with Crippen LogP contribution in [0.4, 0.5) is 10.5 Å². The second kappa shape index (κ2) is 8.28. The minimum Gasteiger partial charge on any atom is -0.478 e. The summed E-state index contributed by atoms with van der Waals surface area (Å²) in [7, 11) is 0. The third-order valence-electron chi connectivity index (χ3n) is 3.51. The standard InChI is InChI=1S/C19H10Cl3NO3S/c1-2-7-26-17-13(21)8-11(9-14(17)22)10-16-18(24)23(19(25)27-16)15-6-4-3-5-12(15)20/h1,3-6,8-10H,7H2/b16-10-. The molecule has 0 radical (unpaired) electrons. The van der Waals surface area contributed by atoms with Crippen LogP contribution in [0.15, 0.2) is 41.3 Å². The molecule has 27 heavy (non-hydrogen) atoms. The van der Waals surface area contributed by atoms with E-state index in [0.717, 1.165) is 16.7 Å². The Hall–Kier alpha value is -2.10. The summed E-state index contributed by atoms with van der Waals surface area (Å²) in [5.74, 6) is 2.11. The molecular formula is C19H10Cl3NO3S. The van der Waals surface area contributed by atoms with Crippen molar-refractivity contribution in [1.29, 1.82) is 0 Å². The number of carbonyl (C=O) groups excluding carboxylic acids is 2. The van der Waals surface area contributed by atoms with Crippen molar-refractivity contribution in [2.45, 2.75) is 0 Å². The van der Waals surface area contributed by atoms with Crippen molar-refractivity contribution in [1.82, 2.24) is 0 Å². The van der Waals surface area contributed by atoms with Crippen LogP contribution in [0.25, 0.3) is 6.08 Å². The van der Waals surface area contributed by atoms with Crippen molar-refractivity contribution in [3.05, 3.63) is 61.9 Å². The third kappa shape index (κ3) is 4.10. The Morgan fingerprint density at radius 1 is 1.11 bits per heavy atom. The van der Waals surface area contributed by atoms with Gasteiger partial charge in [-0.25, -0.2) is 4.90 Å². The predicted octanol–water partition coefficient (Wildman–Crippen LogP) is 5.90. The van der Waals surface area contributed by atoms with Gasteiger partial charge in [-0.2, -0.15) is 0 Å². The first-order chi connectivity index (χ1) is 12.9. The molecule has 0 spiro atoms. The summed E-state index contributed by atoms with van der Waals surface area (Å²) < 4.78 is 5.30. The summed E-state index contributed by atoms with van der Waals surface area (Å²) in [4.78, 5) is 26.3. The highest BCUT2D eigenvalue weighted by molar-refractivity contribution is 8.19. The van der Waals surface area contributed by atoms with Gasteiger partial charge in [0.1, 0.15) is 6.61 Å². The van der Waals surface area contributed by atoms with E-state index in [4.69, 9.17) is 46.0 Å². The minimum atomic E-state index is -0.474. The molecule has 0 aliphatic carbocycles. The molecule has 2 amide bonds. The number of nitrogens with zero attached hydrogens (tertiary/aromatic N) is 1. The quantitative estimate of drug-likeness (QED) is 0.440. The van der Waals surface area contributed by atoms with E-state index in [2.05, 4.69) is 5.92 Å². The van der Waals surface area contributed by atoms with Crippen LogP contribution in [0.2, 0.25) is 15.1 Å². The van der Waals surface area contributed by atoms with Crippen LogP contribution in [0, 0.1) is 12.3 Å². The Kier molecular flexibility index (Phi) is 6.03. The first-order valence-corrected chi connectivity index (χ1v) is 9.45. The van der Waals surface area contributed by atoms with Crippen molar-refractivity contribution in [2.24, 2.45) is 0 Å². The number of terminal acetylenes is 1. The van der Waals surface area contributed by atoms with Crippen molar-refractivity contribution < 1.29 is 14.3 Å². The molecule has 1 heterocycles. The number of hydrogen-bond donors (Lipinski definition) is 0. The Balaban J connectivity index is 1.93. The molecule has 0 atom stereocenters. The summed E-state index contributed by atoms with van der Waals surface area (Å²) in [6.45, 7) is 0.0233. The van der Waals surface area contributed by atoms with Crippen LogP contribution in [0.1, 0.15) is 5.56 Å². The maximum Gasteiger partial charge on any atom is 0.298 e. The fourth-order valence-corrected chi connectivity index (χ4v) is 4.04. The summed E-state index contributed by atoms with van der Waals surface area (Å²) in [6, 6.07) is 9.77. The van der Waals surface area contributed by atoms with Crippen LogP contribution in [-0.2, 0) is 4.79 Å². The molecule has 0 saturated carbocycles. The van der Waals surface area contributed by atoms with Crippen LogP contribution in [0.5, 0.6) is 5.75 Å². The molecule has 1 fully saturated rings. The van der Waals surface area contributed by atoms with E-state index in [0.29, 0.717) is 16.3 Å². The van der Waals surface area contributed by atoms with Gasteiger partial charge in [0, 0.05) is 0 Å². The van der Waals surface area contributed by atoms with Crippen molar-refractivity contribution in [3.8, 4) is 18.1 Å². The average molecular weight is 439 g/mol. The Labute approximate surface area is 175 Å². The summed E-state index contributed by atoms with van der Waals surface area (Å²) in [6.07, 6.45) is 6.69. The number of benzene rings is 2. The lowest BCUT2D eigenvalue weighted by atomic mass is 10.2. The highest BCUT2D eigenvalue weighted by Crippen LogP contribution is 2.40. The van der Waals surface area contributed by atoms with E-state index in [1.165, 1.54) is 6.08 Å². The Bertz CT molecular complexity index is 990. The molecule has 0 bridgehead atoms. The fraction of sp³-hybridized carbons (Fsp3) is 0.0526. The molecule has 3 rings (SSSR count). The molecular weight excluding hydrogens is 429 g/mol. The van der Waals surface area contributed by atoms with Gasteiger partial charge in [0.25, 0.3) is 11.1 Å². The summed E-state index contributed by atoms with van der Waals surface area (Å²) in [5, 5.41) is 0.358. The van der Waals surface area contributed by atoms with Crippen LogP contribution in [0.3, 0.4) is 0 Å². The van der Waals surface area contributed by atoms with Gasteiger partial charge in [0.15, 0.2) is 5.75 Å². The zero-order valence-electron chi connectivity index (χ0n) is 13.5. The molecule has 2 aromatic rings. The van der Waals surface area contributed by atoms with Crippen molar-refractivity contribution in [3.63, 3.8) is 0 Å². The molecule has 1 saturated heterocycles. The topological polar surface area (TPSA) is 46.6 Å². The Morgan fingerprint density at radius 3 is 2.41 bits per heavy atom. The average Bonchev–Trinajstić information content (AvgIpc) is 2.88. The third-order valence-corrected chi connectivity index (χ3v) is 5.26. The zero-order valence-corrected chi connectivity index (χ0v) is 16.6. The van der Waals surface area contributed by atoms with Gasteiger partial charge in [-0.15, -0.1) is 6.42 Å². The van der Waals surface area contributed by atoms with Gasteiger partial charge in [-0.3, -0.25) is 9.59 Å². The highest BCUT2D eigenvalue weighted by Gasteiger charge is 2.37. The molecule has 1 aliphatic heterocycles. The van der Waals surface area contributed by atoms with Gasteiger partial charge in [-0.1, -0.05) is 52.9 Å². The largest absolute Gasteiger partial charge is 0.478 e. The second-order valence-corrected chi connectivity index (χ2v) is 7.49. The molecule has 2 aromatic carbocycles. The van der Waals surface area contributed by atoms with Gasteiger partial charge in [0.2, 0.25) is 0 Å². The van der Waals surface area contributed by atoms with Crippen molar-refractivity contribution in [2.75, 3.05) is 11.5 Å². The molecule has 0 unspecified atom stereocenters. The van der Waals surface area contributed by atoms with Gasteiger partial charge in [-0.05, 0) is 47.7 Å². The van der Waals surface area contributed by atoms with E-state index in [1.807, 2.05) is 0 Å². The number of ether oxygens (including phenoxy) is 1. The van der Waals surface area contributed by atoms with Gasteiger partial charge in [0.05, 0.1) is 25.7 Å².